The van der Waals surface area contributed by atoms with Crippen molar-refractivity contribution in [2.75, 3.05) is 26.2 Å². The highest BCUT2D eigenvalue weighted by atomic mass is 35.5. The minimum absolute atomic E-state index is 0.00165. The average Bonchev–Trinajstić information content (AvgIpc) is 2.64. The number of carboxylic acid groups (broad SMARTS) is 1. The molecule has 1 rings (SSSR count). The Bertz CT molecular complexity index is 768. The van der Waals surface area contributed by atoms with Gasteiger partial charge in [-0.1, -0.05) is 11.6 Å². The Hall–Kier alpha value is -3.34. The first-order valence-electron chi connectivity index (χ1n) is 7.90. The van der Waals surface area contributed by atoms with Gasteiger partial charge in [0.05, 0.1) is 24.7 Å². The van der Waals surface area contributed by atoms with Crippen LogP contribution in [-0.4, -0.2) is 61.2 Å². The van der Waals surface area contributed by atoms with E-state index >= 15 is 0 Å². The zero-order valence-corrected chi connectivity index (χ0v) is 15.5. The average molecular weight is 416 g/mol. The number of nitrogens with one attached hydrogen (secondary N) is 3. The summed E-state index contributed by atoms with van der Waals surface area (Å²) in [7, 11) is 0. The molecular weight excluding hydrogens is 398 g/mol. The van der Waals surface area contributed by atoms with Crippen LogP contribution in [-0.2, 0) is 19.1 Å². The van der Waals surface area contributed by atoms with Crippen molar-refractivity contribution >= 4 is 41.4 Å². The maximum atomic E-state index is 12.0. The van der Waals surface area contributed by atoms with Gasteiger partial charge in [0.15, 0.2) is 5.75 Å². The van der Waals surface area contributed by atoms with E-state index in [-0.39, 0.29) is 22.9 Å². The molecule has 0 aliphatic carbocycles. The molecule has 12 heteroatoms. The SMILES string of the molecule is CCOC(=O)Oc1ccc(C(=O)NCC(=O)NCC(=O)NCC(=O)O)cc1Cl. The second-order valence-electron chi connectivity index (χ2n) is 5.06. The number of benzene rings is 1. The number of hydrogen-bond acceptors (Lipinski definition) is 7. The largest absolute Gasteiger partial charge is 0.513 e. The minimum Gasteiger partial charge on any atom is -0.480 e. The van der Waals surface area contributed by atoms with Crippen molar-refractivity contribution in [2.45, 2.75) is 6.92 Å². The van der Waals surface area contributed by atoms with Gasteiger partial charge in [-0.2, -0.15) is 0 Å². The summed E-state index contributed by atoms with van der Waals surface area (Å²) in [5.41, 5.74) is 0.105. The lowest BCUT2D eigenvalue weighted by molar-refractivity contribution is -0.137. The lowest BCUT2D eigenvalue weighted by Gasteiger charge is -2.09. The van der Waals surface area contributed by atoms with Gasteiger partial charge in [-0.15, -0.1) is 0 Å². The van der Waals surface area contributed by atoms with E-state index in [0.717, 1.165) is 0 Å². The maximum Gasteiger partial charge on any atom is 0.513 e. The third kappa shape index (κ3) is 8.36. The quantitative estimate of drug-likeness (QED) is 0.322. The number of halogens is 1. The van der Waals surface area contributed by atoms with Crippen LogP contribution in [0.1, 0.15) is 17.3 Å². The van der Waals surface area contributed by atoms with E-state index in [2.05, 4.69) is 20.7 Å². The van der Waals surface area contributed by atoms with Gasteiger partial charge in [-0.3, -0.25) is 19.2 Å². The van der Waals surface area contributed by atoms with E-state index in [0.29, 0.717) is 0 Å². The molecule has 0 saturated carbocycles. The molecule has 0 saturated heterocycles. The fourth-order valence-electron chi connectivity index (χ4n) is 1.70. The molecule has 0 aliphatic heterocycles. The summed E-state index contributed by atoms with van der Waals surface area (Å²) in [6.07, 6.45) is -0.939. The molecule has 1 aromatic rings. The third-order valence-electron chi connectivity index (χ3n) is 2.94. The Kier molecular flexibility index (Phi) is 9.23. The first kappa shape index (κ1) is 22.7. The molecule has 0 heterocycles. The Morgan fingerprint density at radius 2 is 1.61 bits per heavy atom. The summed E-state index contributed by atoms with van der Waals surface area (Å²) in [4.78, 5) is 56.4. The first-order valence-corrected chi connectivity index (χ1v) is 8.28. The van der Waals surface area contributed by atoms with E-state index in [4.69, 9.17) is 21.4 Å². The Morgan fingerprint density at radius 1 is 1.00 bits per heavy atom. The van der Waals surface area contributed by atoms with Crippen LogP contribution in [0.4, 0.5) is 4.79 Å². The second kappa shape index (κ2) is 11.4. The fraction of sp³-hybridized carbons (Fsp3) is 0.312. The van der Waals surface area contributed by atoms with Crippen molar-refractivity contribution in [1.29, 1.82) is 0 Å². The number of amides is 3. The number of ether oxygens (including phenoxy) is 2. The summed E-state index contributed by atoms with van der Waals surface area (Å²) in [6.45, 7) is 0.300. The monoisotopic (exact) mass is 415 g/mol. The number of carbonyl (C=O) groups excluding carboxylic acids is 4. The molecular formula is C16H18ClN3O8. The molecule has 0 spiro atoms. The molecule has 152 valence electrons. The first-order chi connectivity index (χ1) is 13.2. The Balaban J connectivity index is 2.47. The molecule has 11 nitrogen and oxygen atoms in total. The Labute approximate surface area is 164 Å². The predicted molar refractivity (Wildman–Crippen MR) is 95.1 cm³/mol. The van der Waals surface area contributed by atoms with Gasteiger partial charge in [0.2, 0.25) is 11.8 Å². The van der Waals surface area contributed by atoms with Crippen molar-refractivity contribution in [3.63, 3.8) is 0 Å². The van der Waals surface area contributed by atoms with E-state index in [1.807, 2.05) is 0 Å². The van der Waals surface area contributed by atoms with Crippen LogP contribution in [0.25, 0.3) is 0 Å². The summed E-state index contributed by atoms with van der Waals surface area (Å²) in [5.74, 6) is -3.20. The van der Waals surface area contributed by atoms with Crippen LogP contribution >= 0.6 is 11.6 Å². The van der Waals surface area contributed by atoms with Gasteiger partial charge in [-0.25, -0.2) is 4.79 Å². The van der Waals surface area contributed by atoms with Crippen LogP contribution in [0, 0.1) is 0 Å². The summed E-state index contributed by atoms with van der Waals surface area (Å²) in [5, 5.41) is 15.0. The molecule has 0 bridgehead atoms. The van der Waals surface area contributed by atoms with E-state index in [1.54, 1.807) is 6.92 Å². The van der Waals surface area contributed by atoms with Crippen molar-refractivity contribution in [2.24, 2.45) is 0 Å². The number of carbonyl (C=O) groups is 5. The van der Waals surface area contributed by atoms with Gasteiger partial charge in [0.1, 0.15) is 6.54 Å². The number of aliphatic carboxylic acids is 1. The van der Waals surface area contributed by atoms with Crippen LogP contribution in [0.2, 0.25) is 5.02 Å². The number of hydrogen-bond donors (Lipinski definition) is 4. The molecule has 3 amide bonds. The highest BCUT2D eigenvalue weighted by Crippen LogP contribution is 2.25. The predicted octanol–water partition coefficient (Wildman–Crippen LogP) is -0.0779. The smallest absolute Gasteiger partial charge is 0.480 e. The number of carboxylic acids is 1. The normalized spacial score (nSPS) is 9.79. The van der Waals surface area contributed by atoms with Crippen LogP contribution < -0.4 is 20.7 Å². The molecule has 0 aliphatic rings. The summed E-state index contributed by atoms with van der Waals surface area (Å²) >= 11 is 5.94. The van der Waals surface area contributed by atoms with Gasteiger partial charge in [0, 0.05) is 5.56 Å². The third-order valence-corrected chi connectivity index (χ3v) is 3.24. The standard InChI is InChI=1S/C16H18ClN3O8/c1-2-27-16(26)28-11-4-3-9(5-10(11)17)15(25)20-7-13(22)18-6-12(21)19-8-14(23)24/h3-5H,2,6-8H2,1H3,(H,18,22)(H,19,21)(H,20,25)(H,23,24). The summed E-state index contributed by atoms with van der Waals surface area (Å²) in [6, 6.07) is 3.86. The molecule has 0 aromatic heterocycles. The topological polar surface area (TPSA) is 160 Å². The van der Waals surface area contributed by atoms with Gasteiger partial charge in [-0.05, 0) is 25.1 Å². The van der Waals surface area contributed by atoms with Crippen LogP contribution in [0.15, 0.2) is 18.2 Å². The van der Waals surface area contributed by atoms with Gasteiger partial charge >= 0.3 is 12.1 Å². The van der Waals surface area contributed by atoms with E-state index in [9.17, 15) is 24.0 Å². The van der Waals surface area contributed by atoms with Crippen LogP contribution in [0.3, 0.4) is 0 Å². The lowest BCUT2D eigenvalue weighted by atomic mass is 10.2. The fourth-order valence-corrected chi connectivity index (χ4v) is 1.92. The molecule has 0 fully saturated rings. The maximum absolute atomic E-state index is 12.0. The minimum atomic E-state index is -1.22. The van der Waals surface area contributed by atoms with E-state index < -0.39 is 49.5 Å². The van der Waals surface area contributed by atoms with Crippen molar-refractivity contribution < 1.29 is 38.6 Å². The van der Waals surface area contributed by atoms with Crippen molar-refractivity contribution in [1.82, 2.24) is 16.0 Å². The zero-order chi connectivity index (χ0) is 21.1. The lowest BCUT2D eigenvalue weighted by Crippen LogP contribution is -2.42. The van der Waals surface area contributed by atoms with Crippen molar-refractivity contribution in [3.05, 3.63) is 28.8 Å². The second-order valence-corrected chi connectivity index (χ2v) is 5.47. The number of rotatable bonds is 9. The molecule has 0 atom stereocenters. The molecule has 4 N–H and O–H groups in total. The highest BCUT2D eigenvalue weighted by molar-refractivity contribution is 6.32. The molecule has 28 heavy (non-hydrogen) atoms. The summed E-state index contributed by atoms with van der Waals surface area (Å²) < 4.78 is 9.45. The molecule has 0 unspecified atom stereocenters. The van der Waals surface area contributed by atoms with E-state index in [1.165, 1.54) is 18.2 Å². The highest BCUT2D eigenvalue weighted by Gasteiger charge is 2.14. The van der Waals surface area contributed by atoms with Crippen LogP contribution in [0.5, 0.6) is 5.75 Å². The molecule has 0 radical (unpaired) electrons. The van der Waals surface area contributed by atoms with Gasteiger partial charge < -0.3 is 30.5 Å². The molecule has 1 aromatic carbocycles. The van der Waals surface area contributed by atoms with Crippen molar-refractivity contribution in [3.8, 4) is 5.75 Å². The zero-order valence-electron chi connectivity index (χ0n) is 14.7. The van der Waals surface area contributed by atoms with Gasteiger partial charge in [0.25, 0.3) is 5.91 Å². The Morgan fingerprint density at radius 3 is 2.18 bits per heavy atom.